The van der Waals surface area contributed by atoms with Gasteiger partial charge in [-0.15, -0.1) is 11.8 Å². The average Bonchev–Trinajstić information content (AvgIpc) is 2.86. The standard InChI is InChI=1S/C11H18N2O3S/c14-9-2-1-8(3-9)4-12-10(15)5-13-7-17-6-11(13)16/h8-9,14H,1-7H2,(H,12,15). The second-order valence-electron chi connectivity index (χ2n) is 4.71. The molecule has 1 saturated heterocycles. The van der Waals surface area contributed by atoms with Gasteiger partial charge in [0.05, 0.1) is 17.7 Å². The lowest BCUT2D eigenvalue weighted by Gasteiger charge is -2.15. The molecule has 0 spiro atoms. The van der Waals surface area contributed by atoms with Gasteiger partial charge in [0.25, 0.3) is 0 Å². The number of nitrogens with one attached hydrogen (secondary N) is 1. The summed E-state index contributed by atoms with van der Waals surface area (Å²) < 4.78 is 0. The van der Waals surface area contributed by atoms with Crippen LogP contribution in [-0.2, 0) is 9.59 Å². The van der Waals surface area contributed by atoms with E-state index in [2.05, 4.69) is 5.32 Å². The van der Waals surface area contributed by atoms with Crippen molar-refractivity contribution in [3.63, 3.8) is 0 Å². The van der Waals surface area contributed by atoms with Crippen LogP contribution in [0.25, 0.3) is 0 Å². The summed E-state index contributed by atoms with van der Waals surface area (Å²) in [6.45, 7) is 0.784. The molecule has 2 amide bonds. The molecule has 0 aromatic heterocycles. The van der Waals surface area contributed by atoms with E-state index in [9.17, 15) is 14.7 Å². The minimum absolute atomic E-state index is 0.0430. The van der Waals surface area contributed by atoms with Gasteiger partial charge in [0, 0.05) is 6.54 Å². The zero-order valence-electron chi connectivity index (χ0n) is 9.72. The molecule has 1 aliphatic carbocycles. The van der Waals surface area contributed by atoms with Crippen molar-refractivity contribution in [1.82, 2.24) is 10.2 Å². The van der Waals surface area contributed by atoms with Gasteiger partial charge in [0.15, 0.2) is 0 Å². The number of amides is 2. The smallest absolute Gasteiger partial charge is 0.239 e. The predicted octanol–water partition coefficient (Wildman–Crippen LogP) is -0.204. The lowest BCUT2D eigenvalue weighted by atomic mass is 10.1. The summed E-state index contributed by atoms with van der Waals surface area (Å²) in [6.07, 6.45) is 2.38. The molecule has 0 radical (unpaired) electrons. The van der Waals surface area contributed by atoms with Crippen LogP contribution < -0.4 is 5.32 Å². The van der Waals surface area contributed by atoms with Gasteiger partial charge in [0.2, 0.25) is 11.8 Å². The number of carbonyl (C=O) groups is 2. The molecule has 2 rings (SSSR count). The maximum absolute atomic E-state index is 11.6. The fourth-order valence-corrected chi connectivity index (χ4v) is 3.17. The summed E-state index contributed by atoms with van der Waals surface area (Å²) in [7, 11) is 0. The molecule has 2 atom stereocenters. The van der Waals surface area contributed by atoms with Crippen LogP contribution >= 0.6 is 11.8 Å². The third-order valence-corrected chi connectivity index (χ3v) is 4.21. The highest BCUT2D eigenvalue weighted by Gasteiger charge is 2.25. The Labute approximate surface area is 105 Å². The largest absolute Gasteiger partial charge is 0.393 e. The first-order chi connectivity index (χ1) is 8.15. The number of hydrogen-bond donors (Lipinski definition) is 2. The van der Waals surface area contributed by atoms with Gasteiger partial charge in [-0.1, -0.05) is 0 Å². The zero-order chi connectivity index (χ0) is 12.3. The molecule has 2 aliphatic rings. The normalized spacial score (nSPS) is 28.8. The number of rotatable bonds is 4. The molecule has 2 N–H and O–H groups in total. The first-order valence-electron chi connectivity index (χ1n) is 5.95. The van der Waals surface area contributed by atoms with Gasteiger partial charge in [-0.25, -0.2) is 0 Å². The van der Waals surface area contributed by atoms with Gasteiger partial charge in [-0.2, -0.15) is 0 Å². The molecule has 2 fully saturated rings. The Morgan fingerprint density at radius 2 is 2.35 bits per heavy atom. The van der Waals surface area contributed by atoms with E-state index in [-0.39, 0.29) is 24.5 Å². The van der Waals surface area contributed by atoms with Crippen LogP contribution in [0.5, 0.6) is 0 Å². The lowest BCUT2D eigenvalue weighted by Crippen LogP contribution is -2.39. The Kier molecular flexibility index (Phi) is 4.28. The number of aliphatic hydroxyl groups is 1. The highest BCUT2D eigenvalue weighted by Crippen LogP contribution is 2.24. The van der Waals surface area contributed by atoms with Gasteiger partial charge in [-0.3, -0.25) is 9.59 Å². The number of hydrogen-bond acceptors (Lipinski definition) is 4. The first-order valence-corrected chi connectivity index (χ1v) is 7.11. The molecule has 5 nitrogen and oxygen atoms in total. The topological polar surface area (TPSA) is 69.6 Å². The molecular weight excluding hydrogens is 240 g/mol. The molecule has 0 bridgehead atoms. The number of thioether (sulfide) groups is 1. The van der Waals surface area contributed by atoms with E-state index < -0.39 is 0 Å². The number of nitrogens with zero attached hydrogens (tertiary/aromatic N) is 1. The van der Waals surface area contributed by atoms with E-state index in [1.54, 1.807) is 4.90 Å². The molecule has 1 aliphatic heterocycles. The van der Waals surface area contributed by atoms with Crippen molar-refractivity contribution < 1.29 is 14.7 Å². The fraction of sp³-hybridized carbons (Fsp3) is 0.818. The van der Waals surface area contributed by atoms with Crippen molar-refractivity contribution in [2.75, 3.05) is 24.7 Å². The van der Waals surface area contributed by atoms with Crippen molar-refractivity contribution in [3.05, 3.63) is 0 Å². The van der Waals surface area contributed by atoms with E-state index in [1.165, 1.54) is 11.8 Å². The van der Waals surface area contributed by atoms with E-state index in [0.717, 1.165) is 19.3 Å². The van der Waals surface area contributed by atoms with E-state index in [4.69, 9.17) is 0 Å². The van der Waals surface area contributed by atoms with Crippen LogP contribution in [0.3, 0.4) is 0 Å². The van der Waals surface area contributed by atoms with Crippen molar-refractivity contribution in [2.24, 2.45) is 5.92 Å². The summed E-state index contributed by atoms with van der Waals surface area (Å²) in [4.78, 5) is 24.5. The van der Waals surface area contributed by atoms with Crippen molar-refractivity contribution >= 4 is 23.6 Å². The zero-order valence-corrected chi connectivity index (χ0v) is 10.5. The Morgan fingerprint density at radius 1 is 1.53 bits per heavy atom. The molecule has 0 aromatic carbocycles. The molecule has 96 valence electrons. The van der Waals surface area contributed by atoms with Gasteiger partial charge < -0.3 is 15.3 Å². The maximum Gasteiger partial charge on any atom is 0.239 e. The Balaban J connectivity index is 1.65. The van der Waals surface area contributed by atoms with Crippen molar-refractivity contribution in [1.29, 1.82) is 0 Å². The summed E-state index contributed by atoms with van der Waals surface area (Å²) >= 11 is 1.54. The van der Waals surface area contributed by atoms with Crippen LogP contribution in [0.15, 0.2) is 0 Å². The average molecular weight is 258 g/mol. The third kappa shape index (κ3) is 3.61. The number of aliphatic hydroxyl groups excluding tert-OH is 1. The summed E-state index contributed by atoms with van der Waals surface area (Å²) in [5, 5.41) is 12.2. The maximum atomic E-state index is 11.6. The van der Waals surface area contributed by atoms with E-state index in [0.29, 0.717) is 24.1 Å². The minimum atomic E-state index is -0.200. The number of carbonyl (C=O) groups excluding carboxylic acids is 2. The van der Waals surface area contributed by atoms with Crippen LogP contribution in [0, 0.1) is 5.92 Å². The Hall–Kier alpha value is -0.750. The second kappa shape index (κ2) is 5.73. The summed E-state index contributed by atoms with van der Waals surface area (Å²) in [5.74, 6) is 1.44. The summed E-state index contributed by atoms with van der Waals surface area (Å²) in [5.41, 5.74) is 0. The van der Waals surface area contributed by atoms with Crippen molar-refractivity contribution in [3.8, 4) is 0 Å². The summed E-state index contributed by atoms with van der Waals surface area (Å²) in [6, 6.07) is 0. The van der Waals surface area contributed by atoms with Gasteiger partial charge >= 0.3 is 0 Å². The lowest BCUT2D eigenvalue weighted by molar-refractivity contribution is -0.132. The monoisotopic (exact) mass is 258 g/mol. The van der Waals surface area contributed by atoms with Gasteiger partial charge in [-0.05, 0) is 25.2 Å². The third-order valence-electron chi connectivity index (χ3n) is 3.26. The van der Waals surface area contributed by atoms with Crippen LogP contribution in [0.2, 0.25) is 0 Å². The minimum Gasteiger partial charge on any atom is -0.393 e. The Bertz CT molecular complexity index is 311. The highest BCUT2D eigenvalue weighted by atomic mass is 32.2. The SMILES string of the molecule is O=C(CN1CSCC1=O)NCC1CCC(O)C1. The first kappa shape index (κ1) is 12.7. The predicted molar refractivity (Wildman–Crippen MR) is 65.4 cm³/mol. The highest BCUT2D eigenvalue weighted by molar-refractivity contribution is 8.00. The van der Waals surface area contributed by atoms with E-state index >= 15 is 0 Å². The second-order valence-corrected chi connectivity index (χ2v) is 5.66. The molecular formula is C11H18N2O3S. The van der Waals surface area contributed by atoms with Crippen molar-refractivity contribution in [2.45, 2.75) is 25.4 Å². The van der Waals surface area contributed by atoms with Gasteiger partial charge in [0.1, 0.15) is 6.54 Å². The van der Waals surface area contributed by atoms with Crippen LogP contribution in [0.4, 0.5) is 0 Å². The molecule has 1 saturated carbocycles. The molecule has 6 heteroatoms. The molecule has 1 heterocycles. The molecule has 0 aromatic rings. The quantitative estimate of drug-likeness (QED) is 0.732. The molecule has 17 heavy (non-hydrogen) atoms. The van der Waals surface area contributed by atoms with Crippen LogP contribution in [0.1, 0.15) is 19.3 Å². The molecule has 2 unspecified atom stereocenters. The Morgan fingerprint density at radius 3 is 2.94 bits per heavy atom. The van der Waals surface area contributed by atoms with Crippen LogP contribution in [-0.4, -0.2) is 52.6 Å². The van der Waals surface area contributed by atoms with E-state index in [1.807, 2.05) is 0 Å². The fourth-order valence-electron chi connectivity index (χ4n) is 2.26.